The van der Waals surface area contributed by atoms with Crippen molar-refractivity contribution in [1.82, 2.24) is 10.2 Å². The number of nitrogens with one attached hydrogen (secondary N) is 1. The van der Waals surface area contributed by atoms with E-state index in [0.717, 1.165) is 16.9 Å². The normalized spacial score (nSPS) is 12.9. The number of aryl methyl sites for hydroxylation is 2. The van der Waals surface area contributed by atoms with Crippen LogP contribution in [0.1, 0.15) is 39.1 Å². The van der Waals surface area contributed by atoms with E-state index in [0.29, 0.717) is 0 Å². The van der Waals surface area contributed by atoms with Crippen molar-refractivity contribution in [3.63, 3.8) is 0 Å². The lowest BCUT2D eigenvalue weighted by Gasteiger charge is -2.37. The van der Waals surface area contributed by atoms with Gasteiger partial charge in [0.15, 0.2) is 0 Å². The van der Waals surface area contributed by atoms with Crippen LogP contribution in [-0.4, -0.2) is 34.0 Å². The summed E-state index contributed by atoms with van der Waals surface area (Å²) in [5, 5.41) is 16.9. The Balaban J connectivity index is 2.72. The van der Waals surface area contributed by atoms with Crippen LogP contribution in [-0.2, 0) is 4.65 Å². The van der Waals surface area contributed by atoms with Crippen LogP contribution < -0.4 is 5.46 Å². The lowest BCUT2D eigenvalue weighted by Crippen LogP contribution is -2.49. The first-order valence-electron chi connectivity index (χ1n) is 5.40. The molecule has 0 aliphatic heterocycles. The van der Waals surface area contributed by atoms with Gasteiger partial charge in [-0.25, -0.2) is 0 Å². The van der Waals surface area contributed by atoms with Crippen molar-refractivity contribution in [3.8, 4) is 0 Å². The molecule has 5 heteroatoms. The minimum Gasteiger partial charge on any atom is -0.426 e. The Kier molecular flexibility index (Phi) is 3.50. The zero-order chi connectivity index (χ0) is 12.6. The molecule has 1 aromatic heterocycles. The standard InChI is InChI=1S/C11H20BN2O2/c1-7-9(8(2)14-13-7)12-16-11(5,6)10(3,4)15/h15H,1-6H3,(H,13,14). The van der Waals surface area contributed by atoms with Crippen molar-refractivity contribution in [2.75, 3.05) is 0 Å². The number of hydrogen-bond acceptors (Lipinski definition) is 3. The van der Waals surface area contributed by atoms with Crippen LogP contribution >= 0.6 is 0 Å². The van der Waals surface area contributed by atoms with Crippen molar-refractivity contribution < 1.29 is 9.76 Å². The fourth-order valence-corrected chi connectivity index (χ4v) is 1.08. The van der Waals surface area contributed by atoms with Gasteiger partial charge in [-0.1, -0.05) is 0 Å². The zero-order valence-corrected chi connectivity index (χ0v) is 10.9. The summed E-state index contributed by atoms with van der Waals surface area (Å²) in [4.78, 5) is 0. The molecule has 2 N–H and O–H groups in total. The van der Waals surface area contributed by atoms with Gasteiger partial charge in [0.1, 0.15) is 0 Å². The summed E-state index contributed by atoms with van der Waals surface area (Å²) in [7, 11) is 1.66. The molecular formula is C11H20BN2O2. The minimum atomic E-state index is -0.908. The molecule has 16 heavy (non-hydrogen) atoms. The Labute approximate surface area is 97.7 Å². The quantitative estimate of drug-likeness (QED) is 0.743. The summed E-state index contributed by atoms with van der Waals surface area (Å²) in [6, 6.07) is 0. The Morgan fingerprint density at radius 1 is 1.25 bits per heavy atom. The smallest absolute Gasteiger partial charge is 0.334 e. The van der Waals surface area contributed by atoms with Crippen LogP contribution in [0.2, 0.25) is 0 Å². The first-order chi connectivity index (χ1) is 7.15. The molecule has 1 heterocycles. The predicted octanol–water partition coefficient (Wildman–Crippen LogP) is 0.837. The number of H-pyrrole nitrogens is 1. The summed E-state index contributed by atoms with van der Waals surface area (Å²) >= 11 is 0. The van der Waals surface area contributed by atoms with E-state index in [9.17, 15) is 5.11 Å². The molecule has 0 aliphatic rings. The second-order valence-electron chi connectivity index (χ2n) is 5.15. The average Bonchev–Trinajstić information content (AvgIpc) is 2.42. The van der Waals surface area contributed by atoms with Crippen molar-refractivity contribution in [3.05, 3.63) is 11.4 Å². The van der Waals surface area contributed by atoms with E-state index in [-0.39, 0.29) is 0 Å². The zero-order valence-electron chi connectivity index (χ0n) is 10.9. The highest BCUT2D eigenvalue weighted by Crippen LogP contribution is 2.24. The minimum absolute atomic E-state index is 0.650. The van der Waals surface area contributed by atoms with Crippen molar-refractivity contribution in [2.45, 2.75) is 52.7 Å². The third-order valence-electron chi connectivity index (χ3n) is 3.13. The largest absolute Gasteiger partial charge is 0.426 e. The fourth-order valence-electron chi connectivity index (χ4n) is 1.08. The van der Waals surface area contributed by atoms with Crippen LogP contribution in [0.5, 0.6) is 0 Å². The molecule has 1 radical (unpaired) electrons. The van der Waals surface area contributed by atoms with Gasteiger partial charge in [0.2, 0.25) is 0 Å². The number of aromatic nitrogens is 2. The molecule has 1 rings (SSSR count). The van der Waals surface area contributed by atoms with E-state index in [2.05, 4.69) is 10.2 Å². The SMILES string of the molecule is Cc1n[nH]c(C)c1[B]OC(C)(C)C(C)(C)O. The van der Waals surface area contributed by atoms with Crippen LogP contribution in [0.15, 0.2) is 0 Å². The third-order valence-corrected chi connectivity index (χ3v) is 3.13. The molecule has 0 amide bonds. The van der Waals surface area contributed by atoms with Gasteiger partial charge in [-0.3, -0.25) is 5.10 Å². The predicted molar refractivity (Wildman–Crippen MR) is 64.9 cm³/mol. The topological polar surface area (TPSA) is 58.1 Å². The summed E-state index contributed by atoms with van der Waals surface area (Å²) < 4.78 is 5.66. The van der Waals surface area contributed by atoms with Gasteiger partial charge in [0.25, 0.3) is 0 Å². The van der Waals surface area contributed by atoms with E-state index in [4.69, 9.17) is 4.65 Å². The van der Waals surface area contributed by atoms with Gasteiger partial charge < -0.3 is 9.76 Å². The number of rotatable bonds is 4. The van der Waals surface area contributed by atoms with E-state index >= 15 is 0 Å². The highest BCUT2D eigenvalue weighted by Gasteiger charge is 2.36. The lowest BCUT2D eigenvalue weighted by atomic mass is 9.81. The number of hydrogen-bond donors (Lipinski definition) is 2. The van der Waals surface area contributed by atoms with E-state index in [1.54, 1.807) is 21.3 Å². The first kappa shape index (κ1) is 13.3. The van der Waals surface area contributed by atoms with E-state index in [1.165, 1.54) is 0 Å². The Morgan fingerprint density at radius 3 is 2.19 bits per heavy atom. The molecule has 0 bridgehead atoms. The highest BCUT2D eigenvalue weighted by molar-refractivity contribution is 6.48. The first-order valence-corrected chi connectivity index (χ1v) is 5.40. The molecule has 0 aromatic carbocycles. The Bertz CT molecular complexity index is 347. The van der Waals surface area contributed by atoms with Crippen molar-refractivity contribution in [1.29, 1.82) is 0 Å². The second-order valence-corrected chi connectivity index (χ2v) is 5.15. The maximum absolute atomic E-state index is 9.94. The van der Waals surface area contributed by atoms with Gasteiger partial charge >= 0.3 is 7.48 Å². The van der Waals surface area contributed by atoms with Crippen LogP contribution in [0.3, 0.4) is 0 Å². The molecule has 0 unspecified atom stereocenters. The molecule has 4 nitrogen and oxygen atoms in total. The highest BCUT2D eigenvalue weighted by atomic mass is 16.5. The molecular weight excluding hydrogens is 203 g/mol. The van der Waals surface area contributed by atoms with E-state index in [1.807, 2.05) is 27.7 Å². The van der Waals surface area contributed by atoms with Gasteiger partial charge in [0.05, 0.1) is 16.9 Å². The number of aliphatic hydroxyl groups is 1. The second kappa shape index (κ2) is 4.22. The van der Waals surface area contributed by atoms with Crippen molar-refractivity contribution in [2.24, 2.45) is 0 Å². The molecule has 0 fully saturated rings. The van der Waals surface area contributed by atoms with Crippen LogP contribution in [0, 0.1) is 13.8 Å². The monoisotopic (exact) mass is 223 g/mol. The van der Waals surface area contributed by atoms with Crippen LogP contribution in [0.25, 0.3) is 0 Å². The molecule has 89 valence electrons. The fraction of sp³-hybridized carbons (Fsp3) is 0.727. The third kappa shape index (κ3) is 2.65. The van der Waals surface area contributed by atoms with Gasteiger partial charge in [-0.15, -0.1) is 0 Å². The van der Waals surface area contributed by atoms with E-state index < -0.39 is 11.2 Å². The number of aromatic amines is 1. The maximum atomic E-state index is 9.94. The molecule has 1 aromatic rings. The van der Waals surface area contributed by atoms with Crippen LogP contribution in [0.4, 0.5) is 0 Å². The van der Waals surface area contributed by atoms with Gasteiger partial charge in [-0.05, 0) is 47.0 Å². The Morgan fingerprint density at radius 2 is 1.81 bits per heavy atom. The summed E-state index contributed by atoms with van der Waals surface area (Å²) in [6.45, 7) is 11.0. The summed E-state index contributed by atoms with van der Waals surface area (Å²) in [5.41, 5.74) is 1.24. The Hall–Kier alpha value is -0.805. The lowest BCUT2D eigenvalue weighted by molar-refractivity contribution is -0.0893. The summed E-state index contributed by atoms with van der Waals surface area (Å²) in [6.07, 6.45) is 0. The molecule has 0 saturated carbocycles. The molecule has 0 atom stereocenters. The average molecular weight is 223 g/mol. The molecule has 0 saturated heterocycles. The maximum Gasteiger partial charge on any atom is 0.334 e. The van der Waals surface area contributed by atoms with Gasteiger partial charge in [-0.2, -0.15) is 5.10 Å². The number of nitrogens with zero attached hydrogens (tertiary/aromatic N) is 1. The molecule has 0 spiro atoms. The van der Waals surface area contributed by atoms with Gasteiger partial charge in [0, 0.05) is 5.69 Å². The molecule has 0 aliphatic carbocycles. The summed E-state index contributed by atoms with van der Waals surface area (Å²) in [5.74, 6) is 0. The van der Waals surface area contributed by atoms with Crippen molar-refractivity contribution >= 4 is 12.9 Å².